The lowest BCUT2D eigenvalue weighted by Crippen LogP contribution is -2.36. The monoisotopic (exact) mass is 384 g/mol. The molecule has 4 rings (SSSR count). The molecule has 2 aromatic rings. The molecule has 1 N–H and O–H groups in total. The topological polar surface area (TPSA) is 66.5 Å². The van der Waals surface area contributed by atoms with Gasteiger partial charge in [-0.2, -0.15) is 4.31 Å². The summed E-state index contributed by atoms with van der Waals surface area (Å²) in [5.41, 5.74) is 2.63. The smallest absolute Gasteiger partial charge is 0.251 e. The SMILES string of the molecule is CC(NC(=O)c1cccc(S(=O)(=O)N2CCc3ccccc3C2)c1)C1CC1. The maximum absolute atomic E-state index is 13.1. The minimum absolute atomic E-state index is 0.122. The van der Waals surface area contributed by atoms with Crippen molar-refractivity contribution >= 4 is 15.9 Å². The van der Waals surface area contributed by atoms with Gasteiger partial charge in [0.25, 0.3) is 5.91 Å². The van der Waals surface area contributed by atoms with Crippen LogP contribution >= 0.6 is 0 Å². The molecule has 1 aliphatic carbocycles. The Morgan fingerprint density at radius 3 is 2.59 bits per heavy atom. The molecule has 0 radical (unpaired) electrons. The predicted octanol–water partition coefficient (Wildman–Crippen LogP) is 2.96. The highest BCUT2D eigenvalue weighted by atomic mass is 32.2. The van der Waals surface area contributed by atoms with Crippen LogP contribution in [0.1, 0.15) is 41.3 Å². The van der Waals surface area contributed by atoms with Crippen LogP contribution in [0.15, 0.2) is 53.4 Å². The molecule has 5 nitrogen and oxygen atoms in total. The first kappa shape index (κ1) is 18.2. The predicted molar refractivity (Wildman–Crippen MR) is 104 cm³/mol. The standard InChI is InChI=1S/C21H24N2O3S/c1-15(16-9-10-16)22-21(24)18-7-4-8-20(13-18)27(25,26)23-12-11-17-5-2-3-6-19(17)14-23/h2-8,13,15-16H,9-12,14H2,1H3,(H,22,24). The van der Waals surface area contributed by atoms with Crippen molar-refractivity contribution < 1.29 is 13.2 Å². The molecule has 1 heterocycles. The summed E-state index contributed by atoms with van der Waals surface area (Å²) in [4.78, 5) is 12.7. The van der Waals surface area contributed by atoms with Gasteiger partial charge < -0.3 is 5.32 Å². The molecule has 1 saturated carbocycles. The molecule has 2 aromatic carbocycles. The van der Waals surface area contributed by atoms with Gasteiger partial charge >= 0.3 is 0 Å². The summed E-state index contributed by atoms with van der Waals surface area (Å²) >= 11 is 0. The normalized spacial score (nSPS) is 18.6. The van der Waals surface area contributed by atoms with Crippen molar-refractivity contribution in [3.05, 3.63) is 65.2 Å². The van der Waals surface area contributed by atoms with Crippen LogP contribution in [0.4, 0.5) is 0 Å². The van der Waals surface area contributed by atoms with Crippen LogP contribution in [0.3, 0.4) is 0 Å². The Hall–Kier alpha value is -2.18. The van der Waals surface area contributed by atoms with E-state index >= 15 is 0 Å². The Bertz CT molecular complexity index is 967. The number of rotatable bonds is 5. The molecule has 1 unspecified atom stereocenters. The lowest BCUT2D eigenvalue weighted by atomic mass is 10.0. The van der Waals surface area contributed by atoms with Gasteiger partial charge in [0.2, 0.25) is 10.0 Å². The summed E-state index contributed by atoms with van der Waals surface area (Å²) in [6.07, 6.45) is 2.99. The fourth-order valence-corrected chi connectivity index (χ4v) is 5.09. The molecule has 6 heteroatoms. The molecule has 0 spiro atoms. The summed E-state index contributed by atoms with van der Waals surface area (Å²) in [5, 5.41) is 2.98. The van der Waals surface area contributed by atoms with Crippen LogP contribution in [0.25, 0.3) is 0 Å². The van der Waals surface area contributed by atoms with E-state index in [1.54, 1.807) is 18.2 Å². The van der Waals surface area contributed by atoms with Crippen molar-refractivity contribution in [3.8, 4) is 0 Å². The Kier molecular flexibility index (Phi) is 4.78. The number of carbonyl (C=O) groups excluding carboxylic acids is 1. The van der Waals surface area contributed by atoms with Gasteiger partial charge in [0.1, 0.15) is 0 Å². The van der Waals surface area contributed by atoms with Crippen molar-refractivity contribution in [1.29, 1.82) is 0 Å². The minimum atomic E-state index is -3.64. The number of benzene rings is 2. The zero-order valence-electron chi connectivity index (χ0n) is 15.4. The molecule has 0 bridgehead atoms. The van der Waals surface area contributed by atoms with Gasteiger partial charge in [0.15, 0.2) is 0 Å². The van der Waals surface area contributed by atoms with Gasteiger partial charge in [-0.05, 0) is 61.4 Å². The molecule has 142 valence electrons. The second kappa shape index (κ2) is 7.09. The minimum Gasteiger partial charge on any atom is -0.349 e. The van der Waals surface area contributed by atoms with E-state index in [1.165, 1.54) is 15.9 Å². The molecule has 1 fully saturated rings. The highest BCUT2D eigenvalue weighted by Gasteiger charge is 2.30. The van der Waals surface area contributed by atoms with Gasteiger partial charge in [-0.1, -0.05) is 30.3 Å². The number of sulfonamides is 1. The van der Waals surface area contributed by atoms with Crippen LogP contribution in [0, 0.1) is 5.92 Å². The second-order valence-corrected chi connectivity index (χ2v) is 9.42. The second-order valence-electron chi connectivity index (χ2n) is 7.48. The molecular formula is C21H24N2O3S. The maximum Gasteiger partial charge on any atom is 0.251 e. The quantitative estimate of drug-likeness (QED) is 0.862. The zero-order chi connectivity index (χ0) is 19.0. The van der Waals surface area contributed by atoms with E-state index < -0.39 is 10.0 Å². The van der Waals surface area contributed by atoms with E-state index in [0.29, 0.717) is 31.0 Å². The van der Waals surface area contributed by atoms with Gasteiger partial charge in [0, 0.05) is 24.7 Å². The largest absolute Gasteiger partial charge is 0.349 e. The molecule has 0 saturated heterocycles. The first-order valence-corrected chi connectivity index (χ1v) is 10.9. The number of hydrogen-bond donors (Lipinski definition) is 1. The van der Waals surface area contributed by atoms with Crippen LogP contribution in [0.5, 0.6) is 0 Å². The highest BCUT2D eigenvalue weighted by Crippen LogP contribution is 2.32. The van der Waals surface area contributed by atoms with E-state index in [4.69, 9.17) is 0 Å². The van der Waals surface area contributed by atoms with Crippen molar-refractivity contribution in [2.75, 3.05) is 6.54 Å². The average molecular weight is 385 g/mol. The number of hydrogen-bond acceptors (Lipinski definition) is 3. The third kappa shape index (κ3) is 3.77. The molecule has 1 amide bonds. The fraction of sp³-hybridized carbons (Fsp3) is 0.381. The van der Waals surface area contributed by atoms with Crippen LogP contribution in [0.2, 0.25) is 0 Å². The number of amides is 1. The van der Waals surface area contributed by atoms with Crippen LogP contribution < -0.4 is 5.32 Å². The van der Waals surface area contributed by atoms with Crippen molar-refractivity contribution in [1.82, 2.24) is 9.62 Å². The van der Waals surface area contributed by atoms with Gasteiger partial charge in [-0.3, -0.25) is 4.79 Å². The van der Waals surface area contributed by atoms with E-state index in [1.807, 2.05) is 31.2 Å². The highest BCUT2D eigenvalue weighted by molar-refractivity contribution is 7.89. The number of nitrogens with one attached hydrogen (secondary N) is 1. The molecule has 1 atom stereocenters. The average Bonchev–Trinajstić information content (AvgIpc) is 3.53. The van der Waals surface area contributed by atoms with E-state index in [9.17, 15) is 13.2 Å². The zero-order valence-corrected chi connectivity index (χ0v) is 16.2. The van der Waals surface area contributed by atoms with Crippen molar-refractivity contribution in [3.63, 3.8) is 0 Å². The summed E-state index contributed by atoms with van der Waals surface area (Å²) in [5.74, 6) is 0.338. The Morgan fingerprint density at radius 2 is 1.85 bits per heavy atom. The van der Waals surface area contributed by atoms with Gasteiger partial charge in [-0.25, -0.2) is 8.42 Å². The van der Waals surface area contributed by atoms with E-state index in [0.717, 1.165) is 18.4 Å². The number of fused-ring (bicyclic) bond motifs is 1. The third-order valence-corrected chi connectivity index (χ3v) is 7.36. The first-order valence-electron chi connectivity index (χ1n) is 9.43. The fourth-order valence-electron chi connectivity index (χ4n) is 3.63. The molecular weight excluding hydrogens is 360 g/mol. The number of carbonyl (C=O) groups is 1. The Labute approximate surface area is 160 Å². The van der Waals surface area contributed by atoms with Crippen molar-refractivity contribution in [2.24, 2.45) is 5.92 Å². The molecule has 27 heavy (non-hydrogen) atoms. The Balaban J connectivity index is 1.54. The van der Waals surface area contributed by atoms with Crippen molar-refractivity contribution in [2.45, 2.75) is 43.7 Å². The van der Waals surface area contributed by atoms with Crippen LogP contribution in [-0.2, 0) is 23.0 Å². The molecule has 0 aromatic heterocycles. The molecule has 2 aliphatic rings. The summed E-state index contributed by atoms with van der Waals surface area (Å²) in [7, 11) is -3.64. The maximum atomic E-state index is 13.1. The molecule has 1 aliphatic heterocycles. The third-order valence-electron chi connectivity index (χ3n) is 5.52. The van der Waals surface area contributed by atoms with Gasteiger partial charge in [0.05, 0.1) is 4.90 Å². The van der Waals surface area contributed by atoms with Crippen LogP contribution in [-0.4, -0.2) is 31.2 Å². The number of nitrogens with zero attached hydrogens (tertiary/aromatic N) is 1. The lowest BCUT2D eigenvalue weighted by molar-refractivity contribution is 0.0935. The Morgan fingerprint density at radius 1 is 1.11 bits per heavy atom. The van der Waals surface area contributed by atoms with Gasteiger partial charge in [-0.15, -0.1) is 0 Å². The lowest BCUT2D eigenvalue weighted by Gasteiger charge is -2.28. The summed E-state index contributed by atoms with van der Waals surface area (Å²) < 4.78 is 27.7. The summed E-state index contributed by atoms with van der Waals surface area (Å²) in [6.45, 7) is 2.82. The first-order chi connectivity index (χ1) is 12.9. The summed E-state index contributed by atoms with van der Waals surface area (Å²) in [6, 6.07) is 14.4. The van der Waals surface area contributed by atoms with E-state index in [2.05, 4.69) is 5.32 Å². The van der Waals surface area contributed by atoms with E-state index in [-0.39, 0.29) is 16.8 Å².